The van der Waals surface area contributed by atoms with Crippen LogP contribution in [0.4, 0.5) is 0 Å². The van der Waals surface area contributed by atoms with Crippen molar-refractivity contribution in [2.45, 2.75) is 19.9 Å². The van der Waals surface area contributed by atoms with E-state index in [1.165, 1.54) is 0 Å². The summed E-state index contributed by atoms with van der Waals surface area (Å²) >= 11 is 0. The SMILES string of the molecule is Cc1occc1C(=O)N1CC(C)C(N)C1. The highest BCUT2D eigenvalue weighted by Crippen LogP contribution is 2.19. The molecule has 0 saturated carbocycles. The van der Waals surface area contributed by atoms with Crippen LogP contribution in [0.15, 0.2) is 16.7 Å². The molecule has 0 radical (unpaired) electrons. The number of hydrogen-bond donors (Lipinski definition) is 1. The number of carbonyl (C=O) groups is 1. The number of furan rings is 1. The van der Waals surface area contributed by atoms with Crippen LogP contribution in [-0.2, 0) is 0 Å². The first-order chi connectivity index (χ1) is 7.09. The average molecular weight is 208 g/mol. The predicted octanol–water partition coefficient (Wildman–Crippen LogP) is 1.01. The van der Waals surface area contributed by atoms with Gasteiger partial charge in [0.25, 0.3) is 5.91 Å². The smallest absolute Gasteiger partial charge is 0.257 e. The van der Waals surface area contributed by atoms with Gasteiger partial charge in [-0.1, -0.05) is 6.92 Å². The Hall–Kier alpha value is -1.29. The van der Waals surface area contributed by atoms with Crippen LogP contribution in [0.1, 0.15) is 23.0 Å². The Labute approximate surface area is 89.0 Å². The van der Waals surface area contributed by atoms with E-state index >= 15 is 0 Å². The molecule has 2 N–H and O–H groups in total. The quantitative estimate of drug-likeness (QED) is 0.749. The molecule has 15 heavy (non-hydrogen) atoms. The van der Waals surface area contributed by atoms with Gasteiger partial charge in [0.05, 0.1) is 11.8 Å². The van der Waals surface area contributed by atoms with E-state index in [1.54, 1.807) is 24.2 Å². The minimum Gasteiger partial charge on any atom is -0.469 e. The van der Waals surface area contributed by atoms with E-state index in [0.29, 0.717) is 23.8 Å². The summed E-state index contributed by atoms with van der Waals surface area (Å²) in [6.07, 6.45) is 1.54. The molecule has 1 aliphatic rings. The molecular formula is C11H16N2O2. The van der Waals surface area contributed by atoms with Crippen LogP contribution >= 0.6 is 0 Å². The van der Waals surface area contributed by atoms with E-state index in [-0.39, 0.29) is 11.9 Å². The summed E-state index contributed by atoms with van der Waals surface area (Å²) in [5, 5.41) is 0. The Kier molecular flexibility index (Phi) is 2.52. The Balaban J connectivity index is 2.13. The van der Waals surface area contributed by atoms with Crippen LogP contribution < -0.4 is 5.73 Å². The van der Waals surface area contributed by atoms with Gasteiger partial charge in [-0.3, -0.25) is 4.79 Å². The monoisotopic (exact) mass is 208 g/mol. The van der Waals surface area contributed by atoms with Crippen molar-refractivity contribution in [2.24, 2.45) is 11.7 Å². The minimum absolute atomic E-state index is 0.0288. The zero-order valence-corrected chi connectivity index (χ0v) is 9.06. The van der Waals surface area contributed by atoms with Crippen molar-refractivity contribution in [3.8, 4) is 0 Å². The van der Waals surface area contributed by atoms with Crippen molar-refractivity contribution in [3.05, 3.63) is 23.7 Å². The van der Waals surface area contributed by atoms with Gasteiger partial charge in [0.1, 0.15) is 5.76 Å². The van der Waals surface area contributed by atoms with Crippen LogP contribution in [0.5, 0.6) is 0 Å². The van der Waals surface area contributed by atoms with Gasteiger partial charge >= 0.3 is 0 Å². The third-order valence-corrected chi connectivity index (χ3v) is 3.05. The van der Waals surface area contributed by atoms with Gasteiger partial charge in [0.2, 0.25) is 0 Å². The lowest BCUT2D eigenvalue weighted by molar-refractivity contribution is 0.0785. The number of likely N-dealkylation sites (tertiary alicyclic amines) is 1. The normalized spacial score (nSPS) is 25.9. The zero-order valence-electron chi connectivity index (χ0n) is 9.06. The molecule has 1 aromatic rings. The summed E-state index contributed by atoms with van der Waals surface area (Å²) in [7, 11) is 0. The number of aryl methyl sites for hydroxylation is 1. The molecule has 4 nitrogen and oxygen atoms in total. The molecule has 0 aromatic carbocycles. The molecule has 1 saturated heterocycles. The highest BCUT2D eigenvalue weighted by Gasteiger charge is 2.31. The molecule has 2 rings (SSSR count). The second-order valence-electron chi connectivity index (χ2n) is 4.24. The summed E-state index contributed by atoms with van der Waals surface area (Å²) in [6.45, 7) is 5.25. The second-order valence-corrected chi connectivity index (χ2v) is 4.24. The average Bonchev–Trinajstić information content (AvgIpc) is 2.74. The predicted molar refractivity (Wildman–Crippen MR) is 56.5 cm³/mol. The van der Waals surface area contributed by atoms with Crippen molar-refractivity contribution < 1.29 is 9.21 Å². The standard InChI is InChI=1S/C11H16N2O2/c1-7-5-13(6-10(7)12)11(14)9-3-4-15-8(9)2/h3-4,7,10H,5-6,12H2,1-2H3. The molecule has 0 spiro atoms. The summed E-state index contributed by atoms with van der Waals surface area (Å²) in [4.78, 5) is 13.8. The lowest BCUT2D eigenvalue weighted by Crippen LogP contribution is -2.32. The maximum atomic E-state index is 12.0. The Morgan fingerprint density at radius 3 is 2.80 bits per heavy atom. The topological polar surface area (TPSA) is 59.5 Å². The van der Waals surface area contributed by atoms with Crippen LogP contribution in [0, 0.1) is 12.8 Å². The van der Waals surface area contributed by atoms with Gasteiger partial charge in [0, 0.05) is 19.1 Å². The third-order valence-electron chi connectivity index (χ3n) is 3.05. The van der Waals surface area contributed by atoms with Crippen molar-refractivity contribution in [1.82, 2.24) is 4.90 Å². The fraction of sp³-hybridized carbons (Fsp3) is 0.545. The minimum atomic E-state index is 0.0288. The molecule has 1 aliphatic heterocycles. The van der Waals surface area contributed by atoms with E-state index in [9.17, 15) is 4.79 Å². The zero-order chi connectivity index (χ0) is 11.0. The maximum absolute atomic E-state index is 12.0. The van der Waals surface area contributed by atoms with E-state index in [1.807, 2.05) is 0 Å². The summed E-state index contributed by atoms with van der Waals surface area (Å²) < 4.78 is 5.12. The Morgan fingerprint density at radius 1 is 1.60 bits per heavy atom. The number of nitrogens with two attached hydrogens (primary N) is 1. The van der Waals surface area contributed by atoms with Gasteiger partial charge < -0.3 is 15.1 Å². The second kappa shape index (κ2) is 3.70. The highest BCUT2D eigenvalue weighted by molar-refractivity contribution is 5.95. The van der Waals surface area contributed by atoms with Gasteiger partial charge in [0.15, 0.2) is 0 Å². The summed E-state index contributed by atoms with van der Waals surface area (Å²) in [5.41, 5.74) is 6.53. The van der Waals surface area contributed by atoms with Crippen LogP contribution in [0.2, 0.25) is 0 Å². The fourth-order valence-electron chi connectivity index (χ4n) is 1.93. The van der Waals surface area contributed by atoms with Crippen molar-refractivity contribution >= 4 is 5.91 Å². The Bertz CT molecular complexity index is 362. The summed E-state index contributed by atoms with van der Waals surface area (Å²) in [6, 6.07) is 1.81. The van der Waals surface area contributed by atoms with E-state index < -0.39 is 0 Å². The van der Waals surface area contributed by atoms with E-state index in [2.05, 4.69) is 6.92 Å². The first-order valence-corrected chi connectivity index (χ1v) is 5.18. The van der Waals surface area contributed by atoms with Crippen molar-refractivity contribution in [3.63, 3.8) is 0 Å². The van der Waals surface area contributed by atoms with Crippen molar-refractivity contribution in [1.29, 1.82) is 0 Å². The third kappa shape index (κ3) is 1.77. The molecule has 1 aromatic heterocycles. The molecule has 2 atom stereocenters. The van der Waals surface area contributed by atoms with Gasteiger partial charge in [-0.2, -0.15) is 0 Å². The van der Waals surface area contributed by atoms with Crippen LogP contribution in [-0.4, -0.2) is 29.9 Å². The molecule has 82 valence electrons. The molecule has 0 aliphatic carbocycles. The molecule has 1 amide bonds. The number of rotatable bonds is 1. The number of hydrogen-bond acceptors (Lipinski definition) is 3. The Morgan fingerprint density at radius 2 is 2.33 bits per heavy atom. The lowest BCUT2D eigenvalue weighted by atomic mass is 10.1. The maximum Gasteiger partial charge on any atom is 0.257 e. The number of amides is 1. The molecule has 0 bridgehead atoms. The van der Waals surface area contributed by atoms with Crippen LogP contribution in [0.3, 0.4) is 0 Å². The summed E-state index contributed by atoms with van der Waals surface area (Å²) in [5.74, 6) is 1.08. The number of nitrogens with zero attached hydrogens (tertiary/aromatic N) is 1. The fourth-order valence-corrected chi connectivity index (χ4v) is 1.93. The largest absolute Gasteiger partial charge is 0.469 e. The molecule has 2 unspecified atom stereocenters. The van der Waals surface area contributed by atoms with Crippen LogP contribution in [0.25, 0.3) is 0 Å². The van der Waals surface area contributed by atoms with Crippen molar-refractivity contribution in [2.75, 3.05) is 13.1 Å². The van der Waals surface area contributed by atoms with Gasteiger partial charge in [-0.15, -0.1) is 0 Å². The van der Waals surface area contributed by atoms with E-state index in [0.717, 1.165) is 6.54 Å². The first-order valence-electron chi connectivity index (χ1n) is 5.18. The molecule has 1 fully saturated rings. The lowest BCUT2D eigenvalue weighted by Gasteiger charge is -2.14. The highest BCUT2D eigenvalue weighted by atomic mass is 16.3. The van der Waals surface area contributed by atoms with E-state index in [4.69, 9.17) is 10.2 Å². The first kappa shape index (κ1) is 10.2. The van der Waals surface area contributed by atoms with Gasteiger partial charge in [-0.05, 0) is 18.9 Å². The number of carbonyl (C=O) groups excluding carboxylic acids is 1. The van der Waals surface area contributed by atoms with Gasteiger partial charge in [-0.25, -0.2) is 0 Å². The molecule has 4 heteroatoms. The molecule has 2 heterocycles. The molecular weight excluding hydrogens is 192 g/mol.